The van der Waals surface area contributed by atoms with E-state index < -0.39 is 11.9 Å². The molecule has 4 heterocycles. The largest absolute Gasteiger partial charge is 0.465 e. The Morgan fingerprint density at radius 3 is 2.60 bits per heavy atom. The molecule has 0 aromatic carbocycles. The first-order valence-electron chi connectivity index (χ1n) is 9.30. The van der Waals surface area contributed by atoms with Crippen molar-refractivity contribution < 1.29 is 14.3 Å². The Morgan fingerprint density at radius 1 is 1.23 bits per heavy atom. The second kappa shape index (κ2) is 7.82. The van der Waals surface area contributed by atoms with E-state index in [1.54, 1.807) is 47.6 Å². The van der Waals surface area contributed by atoms with Gasteiger partial charge in [-0.1, -0.05) is 12.1 Å². The molecule has 0 aliphatic carbocycles. The lowest BCUT2D eigenvalue weighted by Crippen LogP contribution is -2.35. The molecule has 3 aromatic rings. The molecular weight excluding hydrogens is 384 g/mol. The monoisotopic (exact) mass is 404 g/mol. The van der Waals surface area contributed by atoms with Crippen LogP contribution < -0.4 is 16.0 Å². The zero-order valence-electron chi connectivity index (χ0n) is 16.5. The molecule has 3 aromatic heterocycles. The number of esters is 1. The third-order valence-electron chi connectivity index (χ3n) is 5.06. The highest BCUT2D eigenvalue weighted by molar-refractivity contribution is 5.92. The zero-order valence-corrected chi connectivity index (χ0v) is 16.5. The molecule has 0 spiro atoms. The molecule has 8 heteroatoms. The average molecular weight is 404 g/mol. The number of aromatic nitrogens is 3. The topological polar surface area (TPSA) is 109 Å². The van der Waals surface area contributed by atoms with Crippen LogP contribution >= 0.6 is 0 Å². The number of ether oxygens (including phenoxy) is 2. The number of hydrogen-bond donors (Lipinski definition) is 1. The summed E-state index contributed by atoms with van der Waals surface area (Å²) in [6.45, 7) is 2.15. The minimum Gasteiger partial charge on any atom is -0.465 e. The second-order valence-electron chi connectivity index (χ2n) is 6.91. The molecular formula is C22H20N4O4. The van der Waals surface area contributed by atoms with Gasteiger partial charge in [-0.15, -0.1) is 0 Å². The Bertz CT molecular complexity index is 1190. The Hall–Kier alpha value is -3.94. The molecule has 1 aliphatic rings. The van der Waals surface area contributed by atoms with Crippen LogP contribution in [0, 0.1) is 6.92 Å². The molecule has 2 N–H and O–H groups in total. The maximum Gasteiger partial charge on any atom is 0.340 e. The van der Waals surface area contributed by atoms with Crippen molar-refractivity contribution in [3.63, 3.8) is 0 Å². The molecule has 1 aliphatic heterocycles. The Labute approximate surface area is 172 Å². The summed E-state index contributed by atoms with van der Waals surface area (Å²) >= 11 is 0. The number of hydrogen-bond acceptors (Lipinski definition) is 7. The molecule has 0 fully saturated rings. The lowest BCUT2D eigenvalue weighted by atomic mass is 9.84. The molecule has 0 bridgehead atoms. The third kappa shape index (κ3) is 3.32. The number of carbonyl (C=O) groups is 1. The molecule has 0 unspecified atom stereocenters. The van der Waals surface area contributed by atoms with Crippen LogP contribution in [0.2, 0.25) is 0 Å². The van der Waals surface area contributed by atoms with Crippen LogP contribution in [0.3, 0.4) is 0 Å². The van der Waals surface area contributed by atoms with Crippen molar-refractivity contribution in [3.8, 4) is 5.75 Å². The van der Waals surface area contributed by atoms with E-state index in [9.17, 15) is 9.59 Å². The van der Waals surface area contributed by atoms with Gasteiger partial charge in [-0.2, -0.15) is 0 Å². The number of nitrogens with zero attached hydrogens (tertiary/aromatic N) is 3. The van der Waals surface area contributed by atoms with Gasteiger partial charge in [0.2, 0.25) is 5.88 Å². The van der Waals surface area contributed by atoms with E-state index in [4.69, 9.17) is 15.2 Å². The summed E-state index contributed by atoms with van der Waals surface area (Å²) in [4.78, 5) is 34.4. The molecule has 152 valence electrons. The molecule has 1 atom stereocenters. The fourth-order valence-corrected chi connectivity index (χ4v) is 3.65. The van der Waals surface area contributed by atoms with E-state index in [2.05, 4.69) is 9.97 Å². The zero-order chi connectivity index (χ0) is 21.3. The van der Waals surface area contributed by atoms with Crippen molar-refractivity contribution >= 4 is 5.97 Å². The quantitative estimate of drug-likeness (QED) is 0.661. The van der Waals surface area contributed by atoms with E-state index in [1.807, 2.05) is 19.1 Å². The van der Waals surface area contributed by atoms with Gasteiger partial charge in [0.1, 0.15) is 11.3 Å². The second-order valence-corrected chi connectivity index (χ2v) is 6.91. The lowest BCUT2D eigenvalue weighted by molar-refractivity contribution is -0.136. The van der Waals surface area contributed by atoms with Gasteiger partial charge < -0.3 is 19.8 Å². The van der Waals surface area contributed by atoms with Gasteiger partial charge in [0.15, 0.2) is 0 Å². The van der Waals surface area contributed by atoms with Gasteiger partial charge in [-0.05, 0) is 30.2 Å². The highest BCUT2D eigenvalue weighted by Crippen LogP contribution is 2.40. The number of carbonyl (C=O) groups excluding carboxylic acids is 1. The first kappa shape index (κ1) is 19.4. The van der Waals surface area contributed by atoms with Crippen molar-refractivity contribution in [1.29, 1.82) is 0 Å². The predicted molar refractivity (Wildman–Crippen MR) is 109 cm³/mol. The van der Waals surface area contributed by atoms with Crippen LogP contribution in [-0.4, -0.2) is 27.6 Å². The highest BCUT2D eigenvalue weighted by Gasteiger charge is 2.38. The standard InChI is InChI=1S/C22H20N4O4/c1-13-9-16-18(21(27)26(13)12-14-5-3-7-24-10-14)17(15-6-4-8-25-11-15)19(20(23)30-16)22(28)29-2/h3-11,17H,12,23H2,1-2H3/t17-/m0/s1. The predicted octanol–water partition coefficient (Wildman–Crippen LogP) is 1.86. The van der Waals surface area contributed by atoms with Crippen LogP contribution in [0.5, 0.6) is 5.75 Å². The van der Waals surface area contributed by atoms with Crippen molar-refractivity contribution in [2.45, 2.75) is 19.4 Å². The van der Waals surface area contributed by atoms with Crippen molar-refractivity contribution in [2.24, 2.45) is 5.73 Å². The highest BCUT2D eigenvalue weighted by atomic mass is 16.5. The average Bonchev–Trinajstić information content (AvgIpc) is 2.76. The summed E-state index contributed by atoms with van der Waals surface area (Å²) in [5.41, 5.74) is 8.40. The van der Waals surface area contributed by atoms with Crippen LogP contribution in [-0.2, 0) is 16.1 Å². The molecule has 0 radical (unpaired) electrons. The van der Waals surface area contributed by atoms with Gasteiger partial charge in [0, 0.05) is 36.5 Å². The van der Waals surface area contributed by atoms with Gasteiger partial charge in [0.05, 0.1) is 25.1 Å². The summed E-state index contributed by atoms with van der Waals surface area (Å²) in [6.07, 6.45) is 6.60. The van der Waals surface area contributed by atoms with Crippen LogP contribution in [0.15, 0.2) is 71.4 Å². The van der Waals surface area contributed by atoms with Crippen LogP contribution in [0.4, 0.5) is 0 Å². The van der Waals surface area contributed by atoms with Crippen molar-refractivity contribution in [1.82, 2.24) is 14.5 Å². The van der Waals surface area contributed by atoms with Gasteiger partial charge in [-0.3, -0.25) is 14.8 Å². The maximum atomic E-state index is 13.6. The minimum atomic E-state index is -0.761. The summed E-state index contributed by atoms with van der Waals surface area (Å²) < 4.78 is 12.2. The SMILES string of the molecule is COC(=O)C1=C(N)Oc2cc(C)n(Cc3cccnc3)c(=O)c2[C@@H]1c1cccnc1. The number of fused-ring (bicyclic) bond motifs is 1. The fraction of sp³-hybridized carbons (Fsp3) is 0.182. The Morgan fingerprint density at radius 2 is 1.97 bits per heavy atom. The molecule has 0 saturated heterocycles. The molecule has 4 rings (SSSR count). The Kier molecular flexibility index (Phi) is 5.05. The fourth-order valence-electron chi connectivity index (χ4n) is 3.65. The van der Waals surface area contributed by atoms with Gasteiger partial charge in [-0.25, -0.2) is 4.79 Å². The van der Waals surface area contributed by atoms with E-state index in [1.165, 1.54) is 7.11 Å². The maximum absolute atomic E-state index is 13.6. The Balaban J connectivity index is 1.94. The smallest absolute Gasteiger partial charge is 0.340 e. The first-order valence-corrected chi connectivity index (χ1v) is 9.30. The first-order chi connectivity index (χ1) is 14.5. The summed E-state index contributed by atoms with van der Waals surface area (Å²) in [6, 6.07) is 8.97. The van der Waals surface area contributed by atoms with Crippen LogP contribution in [0.1, 0.15) is 28.3 Å². The van der Waals surface area contributed by atoms with E-state index in [0.29, 0.717) is 29.1 Å². The number of methoxy groups -OCH3 is 1. The van der Waals surface area contributed by atoms with Gasteiger partial charge in [0.25, 0.3) is 5.56 Å². The lowest BCUT2D eigenvalue weighted by Gasteiger charge is -2.28. The molecule has 8 nitrogen and oxygen atoms in total. The molecule has 30 heavy (non-hydrogen) atoms. The third-order valence-corrected chi connectivity index (χ3v) is 5.06. The normalized spacial score (nSPS) is 15.3. The molecule has 0 amide bonds. The molecule has 0 saturated carbocycles. The number of pyridine rings is 3. The number of rotatable bonds is 4. The van der Waals surface area contributed by atoms with Crippen molar-refractivity contribution in [2.75, 3.05) is 7.11 Å². The van der Waals surface area contributed by atoms with E-state index in [0.717, 1.165) is 5.56 Å². The van der Waals surface area contributed by atoms with Crippen LogP contribution in [0.25, 0.3) is 0 Å². The summed E-state index contributed by atoms with van der Waals surface area (Å²) in [7, 11) is 1.26. The van der Waals surface area contributed by atoms with Crippen molar-refractivity contribution in [3.05, 3.63) is 99.3 Å². The van der Waals surface area contributed by atoms with E-state index >= 15 is 0 Å². The van der Waals surface area contributed by atoms with Gasteiger partial charge >= 0.3 is 5.97 Å². The minimum absolute atomic E-state index is 0.0758. The number of aryl methyl sites for hydroxylation is 1. The van der Waals surface area contributed by atoms with E-state index in [-0.39, 0.29) is 17.0 Å². The number of nitrogens with two attached hydrogens (primary N) is 1. The summed E-state index contributed by atoms with van der Waals surface area (Å²) in [5.74, 6) is -1.19. The summed E-state index contributed by atoms with van der Waals surface area (Å²) in [5, 5.41) is 0.